The van der Waals surface area contributed by atoms with Crippen LogP contribution in [0.15, 0.2) is 0 Å². The summed E-state index contributed by atoms with van der Waals surface area (Å²) in [5, 5.41) is 0. The molecular weight excluding hydrogens is 152 g/mol. The largest absolute Gasteiger partial charge is 0.146 e. The summed E-state index contributed by atoms with van der Waals surface area (Å²) in [5.41, 5.74) is 0.654. The molecule has 0 bridgehead atoms. The van der Waals surface area contributed by atoms with Crippen LogP contribution < -0.4 is 0 Å². The lowest BCUT2D eigenvalue weighted by Gasteiger charge is -2.21. The van der Waals surface area contributed by atoms with Gasteiger partial charge in [-0.05, 0) is 38.5 Å². The van der Waals surface area contributed by atoms with Gasteiger partial charge in [0, 0.05) is 9.49 Å². The Labute approximate surface area is 74.1 Å². The van der Waals surface area contributed by atoms with E-state index in [9.17, 15) is 0 Å². The topological polar surface area (TPSA) is 0 Å². The molecule has 1 saturated carbocycles. The fourth-order valence-corrected chi connectivity index (χ4v) is 4.25. The summed E-state index contributed by atoms with van der Waals surface area (Å²) in [6.07, 6.45) is 1.44. The van der Waals surface area contributed by atoms with Gasteiger partial charge in [0.05, 0.1) is 0 Å². The predicted molar refractivity (Wildman–Crippen MR) is 52.0 cm³/mol. The molecule has 64 valence electrons. The standard InChI is InChI=1S/C10H18S/c1-7-6-9(7,4)10(5)8(2,3)11-10/h7H,6H2,1-5H3. The van der Waals surface area contributed by atoms with Crippen molar-refractivity contribution in [1.82, 2.24) is 0 Å². The van der Waals surface area contributed by atoms with Crippen LogP contribution in [0.3, 0.4) is 0 Å². The predicted octanol–water partition coefficient (Wildman–Crippen LogP) is 3.32. The Hall–Kier alpha value is 0.350. The maximum absolute atomic E-state index is 2.46. The third-order valence-electron chi connectivity index (χ3n) is 4.31. The second kappa shape index (κ2) is 1.66. The van der Waals surface area contributed by atoms with Gasteiger partial charge in [0.15, 0.2) is 0 Å². The van der Waals surface area contributed by atoms with E-state index < -0.39 is 0 Å². The summed E-state index contributed by atoms with van der Waals surface area (Å²) < 4.78 is 1.13. The number of hydrogen-bond donors (Lipinski definition) is 0. The molecule has 1 heteroatoms. The second-order valence-corrected chi connectivity index (χ2v) is 7.21. The van der Waals surface area contributed by atoms with E-state index in [1.807, 2.05) is 0 Å². The molecule has 0 amide bonds. The van der Waals surface area contributed by atoms with Gasteiger partial charge in [0.25, 0.3) is 0 Å². The van der Waals surface area contributed by atoms with Gasteiger partial charge in [-0.25, -0.2) is 0 Å². The van der Waals surface area contributed by atoms with Gasteiger partial charge in [0.2, 0.25) is 0 Å². The minimum Gasteiger partial charge on any atom is -0.146 e. The van der Waals surface area contributed by atoms with E-state index in [4.69, 9.17) is 0 Å². The van der Waals surface area contributed by atoms with Crippen molar-refractivity contribution in [3.63, 3.8) is 0 Å². The molecule has 0 aromatic heterocycles. The van der Waals surface area contributed by atoms with Crippen LogP contribution in [0.25, 0.3) is 0 Å². The van der Waals surface area contributed by atoms with Gasteiger partial charge in [-0.15, -0.1) is 11.8 Å². The zero-order chi connectivity index (χ0) is 8.49. The van der Waals surface area contributed by atoms with Crippen molar-refractivity contribution in [2.75, 3.05) is 0 Å². The highest BCUT2D eigenvalue weighted by atomic mass is 32.2. The van der Waals surface area contributed by atoms with Crippen molar-refractivity contribution in [1.29, 1.82) is 0 Å². The highest BCUT2D eigenvalue weighted by Crippen LogP contribution is 2.79. The highest BCUT2D eigenvalue weighted by molar-refractivity contribution is 8.09. The van der Waals surface area contributed by atoms with Crippen molar-refractivity contribution >= 4 is 11.8 Å². The Morgan fingerprint density at radius 1 is 1.18 bits per heavy atom. The van der Waals surface area contributed by atoms with E-state index in [0.29, 0.717) is 14.9 Å². The first-order valence-electron chi connectivity index (χ1n) is 4.54. The summed E-state index contributed by atoms with van der Waals surface area (Å²) in [4.78, 5) is 0. The summed E-state index contributed by atoms with van der Waals surface area (Å²) >= 11 is 2.17. The van der Waals surface area contributed by atoms with Crippen LogP contribution in [-0.4, -0.2) is 9.49 Å². The first-order valence-corrected chi connectivity index (χ1v) is 5.35. The fraction of sp³-hybridized carbons (Fsp3) is 1.00. The van der Waals surface area contributed by atoms with Crippen LogP contribution in [0.4, 0.5) is 0 Å². The van der Waals surface area contributed by atoms with Crippen LogP contribution in [0.2, 0.25) is 0 Å². The van der Waals surface area contributed by atoms with Crippen molar-refractivity contribution in [2.45, 2.75) is 50.5 Å². The Morgan fingerprint density at radius 3 is 1.64 bits per heavy atom. The van der Waals surface area contributed by atoms with Gasteiger partial charge in [-0.3, -0.25) is 0 Å². The van der Waals surface area contributed by atoms with Gasteiger partial charge >= 0.3 is 0 Å². The fourth-order valence-electron chi connectivity index (χ4n) is 2.53. The highest BCUT2D eigenvalue weighted by Gasteiger charge is 2.74. The summed E-state index contributed by atoms with van der Waals surface area (Å²) in [7, 11) is 0. The average Bonchev–Trinajstić information content (AvgIpc) is 2.54. The molecule has 0 spiro atoms. The molecule has 2 aliphatic rings. The Kier molecular flexibility index (Phi) is 1.20. The lowest BCUT2D eigenvalue weighted by atomic mass is 9.82. The minimum atomic E-state index is 0.548. The van der Waals surface area contributed by atoms with E-state index in [1.165, 1.54) is 6.42 Å². The number of thioether (sulfide) groups is 1. The SMILES string of the molecule is CC1CC1(C)C1(C)SC1(C)C. The van der Waals surface area contributed by atoms with Crippen molar-refractivity contribution < 1.29 is 0 Å². The molecule has 0 nitrogen and oxygen atoms in total. The van der Waals surface area contributed by atoms with Gasteiger partial charge in [-0.1, -0.05) is 13.8 Å². The van der Waals surface area contributed by atoms with E-state index in [2.05, 4.69) is 46.4 Å². The molecule has 2 rings (SSSR count). The lowest BCUT2D eigenvalue weighted by Crippen LogP contribution is -2.27. The lowest BCUT2D eigenvalue weighted by molar-refractivity contribution is 0.380. The summed E-state index contributed by atoms with van der Waals surface area (Å²) in [5.74, 6) is 0.960. The molecule has 2 fully saturated rings. The maximum atomic E-state index is 2.46. The van der Waals surface area contributed by atoms with Crippen LogP contribution in [-0.2, 0) is 0 Å². The van der Waals surface area contributed by atoms with E-state index in [1.54, 1.807) is 0 Å². The van der Waals surface area contributed by atoms with E-state index in [0.717, 1.165) is 5.92 Å². The van der Waals surface area contributed by atoms with E-state index in [-0.39, 0.29) is 0 Å². The Bertz CT molecular complexity index is 209. The Balaban J connectivity index is 2.20. The van der Waals surface area contributed by atoms with Crippen LogP contribution in [0.5, 0.6) is 0 Å². The van der Waals surface area contributed by atoms with Gasteiger partial charge in [0.1, 0.15) is 0 Å². The average molecular weight is 170 g/mol. The maximum Gasteiger partial charge on any atom is 0.0335 e. The van der Waals surface area contributed by atoms with Crippen molar-refractivity contribution in [3.8, 4) is 0 Å². The molecular formula is C10H18S. The molecule has 11 heavy (non-hydrogen) atoms. The Morgan fingerprint density at radius 2 is 1.55 bits per heavy atom. The van der Waals surface area contributed by atoms with Crippen LogP contribution >= 0.6 is 11.8 Å². The smallest absolute Gasteiger partial charge is 0.0335 e. The molecule has 0 aromatic rings. The normalized spacial score (nSPS) is 59.2. The molecule has 1 saturated heterocycles. The van der Waals surface area contributed by atoms with E-state index >= 15 is 0 Å². The molecule has 1 aliphatic heterocycles. The molecule has 3 unspecified atom stereocenters. The monoisotopic (exact) mass is 170 g/mol. The van der Waals surface area contributed by atoms with Crippen molar-refractivity contribution in [3.05, 3.63) is 0 Å². The summed E-state index contributed by atoms with van der Waals surface area (Å²) in [6, 6.07) is 0. The third kappa shape index (κ3) is 0.734. The first kappa shape index (κ1) is 7.97. The third-order valence-corrected chi connectivity index (χ3v) is 6.41. The molecule has 0 aromatic carbocycles. The molecule has 0 radical (unpaired) electrons. The first-order chi connectivity index (χ1) is 4.83. The molecule has 0 N–H and O–H groups in total. The van der Waals surface area contributed by atoms with Crippen LogP contribution in [0.1, 0.15) is 41.0 Å². The number of rotatable bonds is 1. The second-order valence-electron chi connectivity index (χ2n) is 5.17. The zero-order valence-corrected chi connectivity index (χ0v) is 9.01. The quantitative estimate of drug-likeness (QED) is 0.544. The molecule has 1 heterocycles. The molecule has 1 aliphatic carbocycles. The van der Waals surface area contributed by atoms with Crippen LogP contribution in [0, 0.1) is 11.3 Å². The van der Waals surface area contributed by atoms with Gasteiger partial charge in [-0.2, -0.15) is 0 Å². The summed E-state index contributed by atoms with van der Waals surface area (Å²) in [6.45, 7) is 12.1. The van der Waals surface area contributed by atoms with Crippen molar-refractivity contribution in [2.24, 2.45) is 11.3 Å². The number of hydrogen-bond acceptors (Lipinski definition) is 1. The zero-order valence-electron chi connectivity index (χ0n) is 8.19. The minimum absolute atomic E-state index is 0.548. The molecule has 3 atom stereocenters. The van der Waals surface area contributed by atoms with Gasteiger partial charge < -0.3 is 0 Å².